The van der Waals surface area contributed by atoms with Gasteiger partial charge in [0.15, 0.2) is 0 Å². The highest BCUT2D eigenvalue weighted by atomic mass is 35.5. The lowest BCUT2D eigenvalue weighted by Crippen LogP contribution is -2.30. The normalized spacial score (nSPS) is 12.0. The zero-order valence-electron chi connectivity index (χ0n) is 11.7. The Morgan fingerprint density at radius 1 is 1.00 bits per heavy atom. The molecule has 2 rings (SSSR count). The lowest BCUT2D eigenvalue weighted by molar-refractivity contribution is 0.0115. The molecule has 22 heavy (non-hydrogen) atoms. The highest BCUT2D eigenvalue weighted by Gasteiger charge is 2.26. The third-order valence-corrected chi connectivity index (χ3v) is 3.81. The van der Waals surface area contributed by atoms with Crippen LogP contribution in [0.2, 0.25) is 10.0 Å². The molecular weight excluding hydrogens is 327 g/mol. The molecule has 116 valence electrons. The fourth-order valence-electron chi connectivity index (χ4n) is 2.03. The number of rotatable bonds is 5. The zero-order valence-corrected chi connectivity index (χ0v) is 13.2. The van der Waals surface area contributed by atoms with Crippen LogP contribution in [0.3, 0.4) is 0 Å². The van der Waals surface area contributed by atoms with Crippen LogP contribution < -0.4 is 5.73 Å². The largest absolute Gasteiger partial charge is 0.325 e. The number of hydrogen-bond acceptors (Lipinski definition) is 1. The van der Waals surface area contributed by atoms with E-state index >= 15 is 0 Å². The first-order chi connectivity index (χ1) is 10.4. The van der Waals surface area contributed by atoms with E-state index in [0.717, 1.165) is 5.56 Å². The predicted molar refractivity (Wildman–Crippen MR) is 89.5 cm³/mol. The second-order valence-electron chi connectivity index (χ2n) is 4.95. The summed E-state index contributed by atoms with van der Waals surface area (Å²) in [5.74, 6) is -2.89. The molecule has 0 unspecified atom stereocenters. The minimum absolute atomic E-state index is 0.377. The van der Waals surface area contributed by atoms with E-state index in [1.54, 1.807) is 48.6 Å². The van der Waals surface area contributed by atoms with Crippen LogP contribution in [-0.2, 0) is 6.42 Å². The van der Waals surface area contributed by atoms with Crippen molar-refractivity contribution in [1.29, 1.82) is 0 Å². The van der Waals surface area contributed by atoms with Crippen LogP contribution in [-0.4, -0.2) is 12.5 Å². The van der Waals surface area contributed by atoms with Crippen molar-refractivity contribution < 1.29 is 8.78 Å². The van der Waals surface area contributed by atoms with Crippen molar-refractivity contribution in [1.82, 2.24) is 0 Å². The van der Waals surface area contributed by atoms with Crippen molar-refractivity contribution in [2.24, 2.45) is 5.73 Å². The molecule has 0 bridgehead atoms. The fraction of sp³-hybridized carbons (Fsp3) is 0.176. The molecule has 0 atom stereocenters. The standard InChI is InChI=1S/C17H15Cl2F2N/c18-15-5-2-6-16(19)14(15)8-7-12-3-1-4-13(9-12)10-17(20,21)11-22/h1-9H,10-11,22H2/b8-7+. The van der Waals surface area contributed by atoms with Gasteiger partial charge in [-0.15, -0.1) is 0 Å². The lowest BCUT2D eigenvalue weighted by atomic mass is 10.0. The third-order valence-electron chi connectivity index (χ3n) is 3.15. The Morgan fingerprint density at radius 3 is 2.27 bits per heavy atom. The molecule has 0 aliphatic carbocycles. The summed E-state index contributed by atoms with van der Waals surface area (Å²) in [4.78, 5) is 0. The summed E-state index contributed by atoms with van der Waals surface area (Å²) in [5.41, 5.74) is 7.09. The molecule has 2 aromatic rings. The fourth-order valence-corrected chi connectivity index (χ4v) is 2.55. The third kappa shape index (κ3) is 4.54. The Morgan fingerprint density at radius 2 is 1.64 bits per heavy atom. The van der Waals surface area contributed by atoms with Crippen molar-refractivity contribution in [2.45, 2.75) is 12.3 Å². The number of benzene rings is 2. The Labute approximate surface area is 138 Å². The lowest BCUT2D eigenvalue weighted by Gasteiger charge is -2.13. The maximum Gasteiger partial charge on any atom is 0.264 e. The average Bonchev–Trinajstić information content (AvgIpc) is 2.47. The van der Waals surface area contributed by atoms with Crippen molar-refractivity contribution in [3.63, 3.8) is 0 Å². The second kappa shape index (κ2) is 7.23. The molecule has 0 fully saturated rings. The maximum absolute atomic E-state index is 13.3. The minimum atomic E-state index is -2.89. The van der Waals surface area contributed by atoms with Gasteiger partial charge in [0.25, 0.3) is 5.92 Å². The molecule has 0 heterocycles. The zero-order chi connectivity index (χ0) is 16.2. The van der Waals surface area contributed by atoms with Crippen molar-refractivity contribution in [3.05, 3.63) is 69.2 Å². The quantitative estimate of drug-likeness (QED) is 0.733. The van der Waals surface area contributed by atoms with Crippen LogP contribution >= 0.6 is 23.2 Å². The van der Waals surface area contributed by atoms with E-state index in [1.165, 1.54) is 0 Å². The van der Waals surface area contributed by atoms with E-state index < -0.39 is 12.5 Å². The molecule has 0 radical (unpaired) electrons. The van der Waals surface area contributed by atoms with Gasteiger partial charge in [0.05, 0.1) is 6.54 Å². The van der Waals surface area contributed by atoms with Crippen LogP contribution in [0.4, 0.5) is 8.78 Å². The van der Waals surface area contributed by atoms with Crippen LogP contribution in [0.5, 0.6) is 0 Å². The molecule has 0 aliphatic heterocycles. The molecule has 0 saturated carbocycles. The summed E-state index contributed by atoms with van der Waals surface area (Å²) in [6.07, 6.45) is 3.18. The van der Waals surface area contributed by atoms with E-state index in [4.69, 9.17) is 28.9 Å². The van der Waals surface area contributed by atoms with E-state index in [1.807, 2.05) is 6.07 Å². The monoisotopic (exact) mass is 341 g/mol. The van der Waals surface area contributed by atoms with Crippen LogP contribution in [0.1, 0.15) is 16.7 Å². The molecule has 1 nitrogen and oxygen atoms in total. The van der Waals surface area contributed by atoms with Gasteiger partial charge in [-0.05, 0) is 23.3 Å². The highest BCUT2D eigenvalue weighted by Crippen LogP contribution is 2.26. The molecule has 0 saturated heterocycles. The number of halogens is 4. The summed E-state index contributed by atoms with van der Waals surface area (Å²) in [5, 5.41) is 1.07. The van der Waals surface area contributed by atoms with Gasteiger partial charge in [-0.1, -0.05) is 65.7 Å². The van der Waals surface area contributed by atoms with Gasteiger partial charge in [0, 0.05) is 22.0 Å². The van der Waals surface area contributed by atoms with Crippen molar-refractivity contribution >= 4 is 35.4 Å². The smallest absolute Gasteiger partial charge is 0.264 e. The average molecular weight is 342 g/mol. The second-order valence-corrected chi connectivity index (χ2v) is 5.76. The highest BCUT2D eigenvalue weighted by molar-refractivity contribution is 6.37. The number of alkyl halides is 2. The molecule has 0 amide bonds. The van der Waals surface area contributed by atoms with Gasteiger partial charge in [-0.2, -0.15) is 0 Å². The molecule has 2 N–H and O–H groups in total. The van der Waals surface area contributed by atoms with E-state index in [-0.39, 0.29) is 6.42 Å². The summed E-state index contributed by atoms with van der Waals surface area (Å²) in [6, 6.07) is 12.2. The predicted octanol–water partition coefficient (Wildman–Crippen LogP) is 5.30. The number of hydrogen-bond donors (Lipinski definition) is 1. The molecule has 0 aromatic heterocycles. The Kier molecular flexibility index (Phi) is 5.57. The first kappa shape index (κ1) is 16.9. The minimum Gasteiger partial charge on any atom is -0.325 e. The molecule has 5 heteroatoms. The Bertz CT molecular complexity index is 664. The van der Waals surface area contributed by atoms with Crippen LogP contribution in [0, 0.1) is 0 Å². The molecular formula is C17H15Cl2F2N. The first-order valence-electron chi connectivity index (χ1n) is 6.70. The first-order valence-corrected chi connectivity index (χ1v) is 7.46. The molecule has 0 aliphatic rings. The van der Waals surface area contributed by atoms with E-state index in [2.05, 4.69) is 0 Å². The van der Waals surface area contributed by atoms with E-state index in [0.29, 0.717) is 21.2 Å². The van der Waals surface area contributed by atoms with Gasteiger partial charge in [-0.3, -0.25) is 0 Å². The van der Waals surface area contributed by atoms with E-state index in [9.17, 15) is 8.78 Å². The molecule has 2 aromatic carbocycles. The van der Waals surface area contributed by atoms with Crippen molar-refractivity contribution in [2.75, 3.05) is 6.54 Å². The van der Waals surface area contributed by atoms with Crippen LogP contribution in [0.15, 0.2) is 42.5 Å². The van der Waals surface area contributed by atoms with Gasteiger partial charge < -0.3 is 5.73 Å². The summed E-state index contributed by atoms with van der Waals surface area (Å²) in [7, 11) is 0. The van der Waals surface area contributed by atoms with Crippen molar-refractivity contribution in [3.8, 4) is 0 Å². The summed E-state index contributed by atoms with van der Waals surface area (Å²) < 4.78 is 26.7. The SMILES string of the molecule is NCC(F)(F)Cc1cccc(/C=C/c2c(Cl)cccc2Cl)c1. The maximum atomic E-state index is 13.3. The topological polar surface area (TPSA) is 26.0 Å². The number of nitrogens with two attached hydrogens (primary N) is 1. The van der Waals surface area contributed by atoms with Gasteiger partial charge in [-0.25, -0.2) is 8.78 Å². The summed E-state index contributed by atoms with van der Waals surface area (Å²) in [6.45, 7) is -0.664. The van der Waals surface area contributed by atoms with Crippen LogP contribution in [0.25, 0.3) is 12.2 Å². The Hall–Kier alpha value is -1.42. The van der Waals surface area contributed by atoms with Gasteiger partial charge in [0.2, 0.25) is 0 Å². The summed E-state index contributed by atoms with van der Waals surface area (Å²) >= 11 is 12.2. The molecule has 0 spiro atoms. The van der Waals surface area contributed by atoms with Gasteiger partial charge in [0.1, 0.15) is 0 Å². The Balaban J connectivity index is 2.22. The van der Waals surface area contributed by atoms with Gasteiger partial charge >= 0.3 is 0 Å².